The van der Waals surface area contributed by atoms with E-state index in [2.05, 4.69) is 0 Å². The van der Waals surface area contributed by atoms with Crippen LogP contribution in [0.3, 0.4) is 0 Å². The van der Waals surface area contributed by atoms with E-state index >= 15 is 0 Å². The SMILES string of the molecule is O=P(F)(F)CC(F)(F)F. The summed E-state index contributed by atoms with van der Waals surface area (Å²) in [5, 5.41) is 0. The molecule has 0 N–H and O–H groups in total. The molecule has 0 saturated heterocycles. The van der Waals surface area contributed by atoms with Crippen LogP contribution in [0.25, 0.3) is 0 Å². The van der Waals surface area contributed by atoms with Crippen molar-refractivity contribution in [3.8, 4) is 0 Å². The fourth-order valence-corrected chi connectivity index (χ4v) is 0.626. The Morgan fingerprint density at radius 2 is 1.56 bits per heavy atom. The van der Waals surface area contributed by atoms with E-state index in [1.54, 1.807) is 0 Å². The van der Waals surface area contributed by atoms with Crippen LogP contribution in [-0.2, 0) is 4.57 Å². The number of hydrogen-bond acceptors (Lipinski definition) is 1. The first-order valence-electron chi connectivity index (χ1n) is 1.76. The van der Waals surface area contributed by atoms with Crippen LogP contribution in [-0.4, -0.2) is 12.3 Å². The summed E-state index contributed by atoms with van der Waals surface area (Å²) in [6.45, 7) is 0. The van der Waals surface area contributed by atoms with Gasteiger partial charge in [-0.05, 0) is 0 Å². The first-order chi connectivity index (χ1) is 3.71. The zero-order valence-corrected chi connectivity index (χ0v) is 4.85. The van der Waals surface area contributed by atoms with Crippen molar-refractivity contribution in [3.05, 3.63) is 0 Å². The van der Waals surface area contributed by atoms with E-state index < -0.39 is 20.1 Å². The van der Waals surface area contributed by atoms with Crippen LogP contribution in [0, 0.1) is 0 Å². The number of alkyl halides is 3. The molecule has 1 nitrogen and oxygen atoms in total. The molecule has 0 aliphatic heterocycles. The molecule has 56 valence electrons. The first-order valence-corrected chi connectivity index (χ1v) is 3.43. The molecule has 0 radical (unpaired) electrons. The zero-order chi connectivity index (χ0) is 7.71. The molecular weight excluding hydrogens is 166 g/mol. The molecule has 0 bridgehead atoms. The molecule has 0 aromatic rings. The highest BCUT2D eigenvalue weighted by molar-refractivity contribution is 7.53. The first kappa shape index (κ1) is 8.88. The van der Waals surface area contributed by atoms with E-state index in [4.69, 9.17) is 0 Å². The maximum atomic E-state index is 11.1. The second-order valence-electron chi connectivity index (χ2n) is 1.34. The van der Waals surface area contributed by atoms with Crippen LogP contribution in [0.5, 0.6) is 0 Å². The van der Waals surface area contributed by atoms with Crippen LogP contribution in [0.15, 0.2) is 0 Å². The molecule has 0 saturated carbocycles. The van der Waals surface area contributed by atoms with Crippen molar-refractivity contribution in [2.45, 2.75) is 6.18 Å². The molecule has 0 aliphatic rings. The number of hydrogen-bond donors (Lipinski definition) is 0. The number of rotatable bonds is 1. The fraction of sp³-hybridized carbons (Fsp3) is 1.00. The van der Waals surface area contributed by atoms with Crippen molar-refractivity contribution in [1.29, 1.82) is 0 Å². The van der Waals surface area contributed by atoms with Gasteiger partial charge in [-0.3, -0.25) is 0 Å². The lowest BCUT2D eigenvalue weighted by Gasteiger charge is -2.02. The lowest BCUT2D eigenvalue weighted by atomic mass is 10.8. The van der Waals surface area contributed by atoms with Crippen LogP contribution >= 0.6 is 7.76 Å². The van der Waals surface area contributed by atoms with Crippen molar-refractivity contribution in [1.82, 2.24) is 0 Å². The average Bonchev–Trinajstić information content (AvgIpc) is 1.14. The second-order valence-corrected chi connectivity index (χ2v) is 2.80. The van der Waals surface area contributed by atoms with Crippen LogP contribution in [0.1, 0.15) is 0 Å². The summed E-state index contributed by atoms with van der Waals surface area (Å²) in [6, 6.07) is 0. The highest BCUT2D eigenvalue weighted by Crippen LogP contribution is 2.52. The highest BCUT2D eigenvalue weighted by atomic mass is 31.2. The van der Waals surface area contributed by atoms with Gasteiger partial charge in [0.05, 0.1) is 0 Å². The Hall–Kier alpha value is -0.120. The minimum absolute atomic E-state index is 2.49. The largest absolute Gasteiger partial charge is 0.411 e. The van der Waals surface area contributed by atoms with Gasteiger partial charge in [0.2, 0.25) is 0 Å². The maximum absolute atomic E-state index is 11.1. The monoisotopic (exact) mass is 168 g/mol. The van der Waals surface area contributed by atoms with Gasteiger partial charge in [0.15, 0.2) is 6.16 Å². The van der Waals surface area contributed by atoms with Gasteiger partial charge < -0.3 is 0 Å². The smallest absolute Gasteiger partial charge is 0.250 e. The Morgan fingerprint density at radius 3 is 1.56 bits per heavy atom. The molecule has 0 spiro atoms. The molecule has 0 heterocycles. The summed E-state index contributed by atoms with van der Waals surface area (Å²) in [7, 11) is -5.91. The Balaban J connectivity index is 3.90. The summed E-state index contributed by atoms with van der Waals surface area (Å²) in [4.78, 5) is 0. The molecule has 7 heteroatoms. The molecule has 0 aromatic carbocycles. The van der Waals surface area contributed by atoms with Crippen LogP contribution in [0.2, 0.25) is 0 Å². The van der Waals surface area contributed by atoms with E-state index in [1.807, 2.05) is 0 Å². The molecule has 0 aliphatic carbocycles. The molecule has 9 heavy (non-hydrogen) atoms. The lowest BCUT2D eigenvalue weighted by molar-refractivity contribution is -0.108. The zero-order valence-electron chi connectivity index (χ0n) is 3.95. The standard InChI is InChI=1S/C2H2F5OP/c3-2(4,5)1-9(6,7)8/h1H2. The molecule has 0 atom stereocenters. The predicted octanol–water partition coefficient (Wildman–Crippen LogP) is 2.68. The van der Waals surface area contributed by atoms with Gasteiger partial charge in [-0.25, -0.2) is 4.57 Å². The minimum atomic E-state index is -5.91. The van der Waals surface area contributed by atoms with Crippen molar-refractivity contribution < 1.29 is 26.1 Å². The molecule has 0 amide bonds. The molecular formula is C2H2F5OP. The second kappa shape index (κ2) is 2.25. The van der Waals surface area contributed by atoms with Gasteiger partial charge >= 0.3 is 13.9 Å². The van der Waals surface area contributed by atoms with E-state index in [0.29, 0.717) is 0 Å². The molecule has 0 fully saturated rings. The third-order valence-corrected chi connectivity index (χ3v) is 1.09. The summed E-state index contributed by atoms with van der Waals surface area (Å²) < 4.78 is 64.0. The van der Waals surface area contributed by atoms with Gasteiger partial charge in [0.1, 0.15) is 0 Å². The lowest BCUT2D eigenvalue weighted by Crippen LogP contribution is -2.11. The van der Waals surface area contributed by atoms with Crippen molar-refractivity contribution in [2.24, 2.45) is 0 Å². The van der Waals surface area contributed by atoms with E-state index in [0.717, 1.165) is 0 Å². The van der Waals surface area contributed by atoms with Gasteiger partial charge in [0.25, 0.3) is 0 Å². The Labute approximate surface area is 47.5 Å². The van der Waals surface area contributed by atoms with Gasteiger partial charge in [0, 0.05) is 0 Å². The van der Waals surface area contributed by atoms with Gasteiger partial charge in [-0.2, -0.15) is 21.6 Å². The summed E-state index contributed by atoms with van der Waals surface area (Å²) in [6.07, 6.45) is -7.51. The van der Waals surface area contributed by atoms with Gasteiger partial charge in [-0.15, -0.1) is 0 Å². The summed E-state index contributed by atoms with van der Waals surface area (Å²) in [5.74, 6) is 0. The molecule has 0 aromatic heterocycles. The summed E-state index contributed by atoms with van der Waals surface area (Å²) >= 11 is 0. The minimum Gasteiger partial charge on any atom is -0.250 e. The molecule has 0 unspecified atom stereocenters. The summed E-state index contributed by atoms with van der Waals surface area (Å²) in [5.41, 5.74) is 0. The average molecular weight is 168 g/mol. The van der Waals surface area contributed by atoms with Crippen molar-refractivity contribution in [3.63, 3.8) is 0 Å². The van der Waals surface area contributed by atoms with Gasteiger partial charge in [-0.1, -0.05) is 0 Å². The van der Waals surface area contributed by atoms with E-state index in [9.17, 15) is 26.1 Å². The van der Waals surface area contributed by atoms with Crippen LogP contribution < -0.4 is 0 Å². The fourth-order valence-electron chi connectivity index (χ4n) is 0.209. The maximum Gasteiger partial charge on any atom is 0.411 e. The van der Waals surface area contributed by atoms with Crippen molar-refractivity contribution >= 4 is 7.76 Å². The van der Waals surface area contributed by atoms with Crippen molar-refractivity contribution in [2.75, 3.05) is 6.16 Å². The Bertz CT molecular complexity index is 132. The van der Waals surface area contributed by atoms with Crippen LogP contribution in [0.4, 0.5) is 21.6 Å². The third-order valence-electron chi connectivity index (χ3n) is 0.363. The third kappa shape index (κ3) is 7.88. The molecule has 0 rings (SSSR count). The Kier molecular flexibility index (Phi) is 2.22. The quantitative estimate of drug-likeness (QED) is 0.434. The van der Waals surface area contributed by atoms with E-state index in [-0.39, 0.29) is 0 Å². The normalized spacial score (nSPS) is 13.9. The topological polar surface area (TPSA) is 17.1 Å². The highest BCUT2D eigenvalue weighted by Gasteiger charge is 2.39. The number of halogens is 5. The predicted molar refractivity (Wildman–Crippen MR) is 20.7 cm³/mol. The van der Waals surface area contributed by atoms with E-state index in [1.165, 1.54) is 0 Å². The Morgan fingerprint density at radius 1 is 1.22 bits per heavy atom.